The second kappa shape index (κ2) is 5.65. The van der Waals surface area contributed by atoms with Gasteiger partial charge in [0.25, 0.3) is 0 Å². The number of methoxy groups -OCH3 is 2. The summed E-state index contributed by atoms with van der Waals surface area (Å²) >= 11 is 0. The number of ether oxygens (including phenoxy) is 2. The Balaban J connectivity index is 2.48. The van der Waals surface area contributed by atoms with Crippen molar-refractivity contribution < 1.29 is 9.47 Å². The molecule has 0 unspecified atom stereocenters. The zero-order valence-electron chi connectivity index (χ0n) is 11.8. The molecule has 3 nitrogen and oxygen atoms in total. The van der Waals surface area contributed by atoms with E-state index in [4.69, 9.17) is 9.47 Å². The summed E-state index contributed by atoms with van der Waals surface area (Å²) in [7, 11) is 5.22. The number of hydrogen-bond donors (Lipinski definition) is 1. The number of rotatable bonds is 4. The Morgan fingerprint density at radius 3 is 2.00 bits per heavy atom. The quantitative estimate of drug-likeness (QED) is 0.905. The van der Waals surface area contributed by atoms with Crippen molar-refractivity contribution in [2.45, 2.75) is 6.92 Å². The molecule has 0 aliphatic rings. The zero-order chi connectivity index (χ0) is 13.8. The number of nitrogens with one attached hydrogen (secondary N) is 1. The van der Waals surface area contributed by atoms with Crippen LogP contribution >= 0.6 is 0 Å². The molecule has 0 amide bonds. The molecule has 0 radical (unpaired) electrons. The van der Waals surface area contributed by atoms with E-state index >= 15 is 0 Å². The molecule has 0 fully saturated rings. The Labute approximate surface area is 114 Å². The second-order valence-electron chi connectivity index (χ2n) is 4.35. The fourth-order valence-corrected chi connectivity index (χ4v) is 2.11. The number of hydrogen-bond acceptors (Lipinski definition) is 3. The third-order valence-electron chi connectivity index (χ3n) is 3.22. The van der Waals surface area contributed by atoms with Gasteiger partial charge in [0.15, 0.2) is 11.5 Å². The molecule has 2 rings (SSSR count). The molecule has 0 atom stereocenters. The first kappa shape index (κ1) is 13.3. The maximum absolute atomic E-state index is 5.36. The summed E-state index contributed by atoms with van der Waals surface area (Å²) in [5.41, 5.74) is 4.58. The topological polar surface area (TPSA) is 30.5 Å². The molecule has 2 aromatic rings. The van der Waals surface area contributed by atoms with Crippen LogP contribution in [0.25, 0.3) is 11.1 Å². The molecule has 2 aromatic carbocycles. The van der Waals surface area contributed by atoms with E-state index in [1.54, 1.807) is 14.2 Å². The number of anilines is 1. The SMILES string of the molecule is CNc1ccc(-c2cc(OC)c(OC)cc2C)cc1. The molecular formula is C16H19NO2. The molecule has 0 spiro atoms. The molecule has 0 aromatic heterocycles. The van der Waals surface area contributed by atoms with E-state index in [0.717, 1.165) is 33.9 Å². The van der Waals surface area contributed by atoms with E-state index in [-0.39, 0.29) is 0 Å². The number of benzene rings is 2. The second-order valence-corrected chi connectivity index (χ2v) is 4.35. The zero-order valence-corrected chi connectivity index (χ0v) is 11.8. The highest BCUT2D eigenvalue weighted by Crippen LogP contribution is 2.35. The first-order chi connectivity index (χ1) is 9.19. The van der Waals surface area contributed by atoms with E-state index in [0.29, 0.717) is 0 Å². The van der Waals surface area contributed by atoms with Gasteiger partial charge in [-0.1, -0.05) is 12.1 Å². The van der Waals surface area contributed by atoms with Gasteiger partial charge in [0, 0.05) is 12.7 Å². The first-order valence-electron chi connectivity index (χ1n) is 6.20. The molecular weight excluding hydrogens is 238 g/mol. The van der Waals surface area contributed by atoms with E-state index in [1.165, 1.54) is 0 Å². The summed E-state index contributed by atoms with van der Waals surface area (Å²) in [6.07, 6.45) is 0. The highest BCUT2D eigenvalue weighted by Gasteiger charge is 2.09. The molecule has 0 bridgehead atoms. The molecule has 0 heterocycles. The van der Waals surface area contributed by atoms with Gasteiger partial charge in [-0.2, -0.15) is 0 Å². The minimum absolute atomic E-state index is 0.751. The lowest BCUT2D eigenvalue weighted by atomic mass is 9.99. The van der Waals surface area contributed by atoms with Crippen LogP contribution in [0.5, 0.6) is 11.5 Å². The van der Waals surface area contributed by atoms with Crippen molar-refractivity contribution in [2.24, 2.45) is 0 Å². The van der Waals surface area contributed by atoms with Crippen molar-refractivity contribution in [1.29, 1.82) is 0 Å². The van der Waals surface area contributed by atoms with Crippen LogP contribution in [-0.2, 0) is 0 Å². The van der Waals surface area contributed by atoms with Crippen molar-refractivity contribution >= 4 is 5.69 Å². The van der Waals surface area contributed by atoms with E-state index < -0.39 is 0 Å². The van der Waals surface area contributed by atoms with Gasteiger partial charge in [-0.15, -0.1) is 0 Å². The summed E-state index contributed by atoms with van der Waals surface area (Å²) in [6, 6.07) is 12.3. The van der Waals surface area contributed by atoms with Crippen molar-refractivity contribution in [3.63, 3.8) is 0 Å². The molecule has 3 heteroatoms. The molecule has 19 heavy (non-hydrogen) atoms. The minimum Gasteiger partial charge on any atom is -0.493 e. The Bertz CT molecular complexity index is 562. The van der Waals surface area contributed by atoms with Gasteiger partial charge in [-0.05, 0) is 47.9 Å². The van der Waals surface area contributed by atoms with E-state index in [9.17, 15) is 0 Å². The normalized spacial score (nSPS) is 10.1. The van der Waals surface area contributed by atoms with Gasteiger partial charge >= 0.3 is 0 Å². The van der Waals surface area contributed by atoms with Crippen LogP contribution in [0.4, 0.5) is 5.69 Å². The molecule has 1 N–H and O–H groups in total. The van der Waals surface area contributed by atoms with Gasteiger partial charge in [-0.3, -0.25) is 0 Å². The largest absolute Gasteiger partial charge is 0.493 e. The predicted molar refractivity (Wildman–Crippen MR) is 79.3 cm³/mol. The Morgan fingerprint density at radius 1 is 0.895 bits per heavy atom. The summed E-state index contributed by atoms with van der Waals surface area (Å²) in [4.78, 5) is 0. The van der Waals surface area contributed by atoms with Crippen molar-refractivity contribution in [3.8, 4) is 22.6 Å². The van der Waals surface area contributed by atoms with Crippen molar-refractivity contribution in [1.82, 2.24) is 0 Å². The van der Waals surface area contributed by atoms with Crippen LogP contribution in [0, 0.1) is 6.92 Å². The number of aryl methyl sites for hydroxylation is 1. The van der Waals surface area contributed by atoms with Crippen LogP contribution in [0.3, 0.4) is 0 Å². The van der Waals surface area contributed by atoms with Crippen LogP contribution in [0.1, 0.15) is 5.56 Å². The minimum atomic E-state index is 0.751. The smallest absolute Gasteiger partial charge is 0.161 e. The van der Waals surface area contributed by atoms with Crippen molar-refractivity contribution in [2.75, 3.05) is 26.6 Å². The molecule has 0 saturated carbocycles. The lowest BCUT2D eigenvalue weighted by molar-refractivity contribution is 0.355. The average molecular weight is 257 g/mol. The van der Waals surface area contributed by atoms with Crippen LogP contribution < -0.4 is 14.8 Å². The monoisotopic (exact) mass is 257 g/mol. The van der Waals surface area contributed by atoms with Gasteiger partial charge in [0.05, 0.1) is 14.2 Å². The average Bonchev–Trinajstić information content (AvgIpc) is 2.47. The maximum atomic E-state index is 5.36. The summed E-state index contributed by atoms with van der Waals surface area (Å²) < 4.78 is 10.7. The molecule has 0 aliphatic carbocycles. The van der Waals surface area contributed by atoms with Crippen LogP contribution in [0.15, 0.2) is 36.4 Å². The third kappa shape index (κ3) is 2.65. The standard InChI is InChI=1S/C16H19NO2/c1-11-9-15(18-3)16(19-4)10-14(11)12-5-7-13(17-2)8-6-12/h5-10,17H,1-4H3. The third-order valence-corrected chi connectivity index (χ3v) is 3.22. The van der Waals surface area contributed by atoms with Crippen molar-refractivity contribution in [3.05, 3.63) is 42.0 Å². The summed E-state index contributed by atoms with van der Waals surface area (Å²) in [5.74, 6) is 1.51. The first-order valence-corrected chi connectivity index (χ1v) is 6.20. The van der Waals surface area contributed by atoms with Gasteiger partial charge in [-0.25, -0.2) is 0 Å². The predicted octanol–water partition coefficient (Wildman–Crippen LogP) is 3.72. The lowest BCUT2D eigenvalue weighted by Gasteiger charge is -2.13. The Hall–Kier alpha value is -2.16. The van der Waals surface area contributed by atoms with Gasteiger partial charge < -0.3 is 14.8 Å². The van der Waals surface area contributed by atoms with Crippen LogP contribution in [-0.4, -0.2) is 21.3 Å². The lowest BCUT2D eigenvalue weighted by Crippen LogP contribution is -1.94. The highest BCUT2D eigenvalue weighted by molar-refractivity contribution is 5.72. The molecule has 0 saturated heterocycles. The summed E-state index contributed by atoms with van der Waals surface area (Å²) in [6.45, 7) is 2.07. The van der Waals surface area contributed by atoms with E-state index in [1.807, 2.05) is 19.2 Å². The molecule has 100 valence electrons. The van der Waals surface area contributed by atoms with Gasteiger partial charge in [0.1, 0.15) is 0 Å². The summed E-state index contributed by atoms with van der Waals surface area (Å²) in [5, 5.41) is 3.12. The van der Waals surface area contributed by atoms with E-state index in [2.05, 4.69) is 36.5 Å². The highest BCUT2D eigenvalue weighted by atomic mass is 16.5. The van der Waals surface area contributed by atoms with Gasteiger partial charge in [0.2, 0.25) is 0 Å². The fourth-order valence-electron chi connectivity index (χ4n) is 2.11. The fraction of sp³-hybridized carbons (Fsp3) is 0.250. The van der Waals surface area contributed by atoms with Crippen LogP contribution in [0.2, 0.25) is 0 Å². The Morgan fingerprint density at radius 2 is 1.47 bits per heavy atom. The Kier molecular flexibility index (Phi) is 3.95. The molecule has 0 aliphatic heterocycles. The maximum Gasteiger partial charge on any atom is 0.161 e.